The highest BCUT2D eigenvalue weighted by atomic mass is 32.2. The Morgan fingerprint density at radius 3 is 2.14 bits per heavy atom. The lowest BCUT2D eigenvalue weighted by Crippen LogP contribution is -2.30. The number of Topliss-reactive ketones (excluding diaryl/α,β-unsaturated/α-hetero) is 1. The number of rotatable bonds is 8. The Morgan fingerprint density at radius 2 is 1.64 bits per heavy atom. The number of carbonyl (C=O) groups excluding carboxylic acids is 2. The summed E-state index contributed by atoms with van der Waals surface area (Å²) in [6.45, 7) is 2.54. The number of hydrogen-bond acceptors (Lipinski definition) is 7. The first-order valence-corrected chi connectivity index (χ1v) is 9.98. The molecule has 28 heavy (non-hydrogen) atoms. The molecule has 0 fully saturated rings. The molecule has 0 saturated carbocycles. The first-order chi connectivity index (χ1) is 13.2. The Kier molecular flexibility index (Phi) is 6.63. The number of non-ortho nitro benzene ring substituents is 1. The van der Waals surface area contributed by atoms with Crippen molar-refractivity contribution in [3.8, 4) is 0 Å². The number of hydrogen-bond donors (Lipinski definition) is 0. The lowest BCUT2D eigenvalue weighted by molar-refractivity contribution is -0.384. The van der Waals surface area contributed by atoms with Gasteiger partial charge in [0.1, 0.15) is 0 Å². The molecule has 1 atom stereocenters. The maximum atomic E-state index is 12.5. The molecule has 0 aliphatic carbocycles. The van der Waals surface area contributed by atoms with Gasteiger partial charge in [0.25, 0.3) is 5.69 Å². The summed E-state index contributed by atoms with van der Waals surface area (Å²) in [5.41, 5.74) is 1.14. The van der Waals surface area contributed by atoms with Gasteiger partial charge in [0.2, 0.25) is 0 Å². The van der Waals surface area contributed by atoms with Crippen LogP contribution in [0.1, 0.15) is 29.8 Å². The van der Waals surface area contributed by atoms with Crippen molar-refractivity contribution in [2.24, 2.45) is 0 Å². The third kappa shape index (κ3) is 4.80. The SMILES string of the molecule is CCc1ccc(C(=O)COC(=O)[C@H](C)S(=O)(=O)c2ccc([N+](=O)[O-])cc2)cc1. The maximum absolute atomic E-state index is 12.5. The smallest absolute Gasteiger partial charge is 0.324 e. The van der Waals surface area contributed by atoms with Crippen LogP contribution in [0.3, 0.4) is 0 Å². The molecule has 2 rings (SSSR count). The Balaban J connectivity index is 2.04. The first kappa shape index (κ1) is 21.2. The van der Waals surface area contributed by atoms with E-state index in [0.717, 1.165) is 43.2 Å². The van der Waals surface area contributed by atoms with Crippen LogP contribution in [0.4, 0.5) is 5.69 Å². The van der Waals surface area contributed by atoms with E-state index in [1.54, 1.807) is 24.3 Å². The van der Waals surface area contributed by atoms with Crippen LogP contribution in [0.5, 0.6) is 0 Å². The zero-order chi connectivity index (χ0) is 20.9. The quantitative estimate of drug-likeness (QED) is 0.286. The molecule has 0 unspecified atom stereocenters. The standard InChI is InChI=1S/C19H19NO7S/c1-3-14-4-6-15(7-5-14)18(21)12-27-19(22)13(2)28(25,26)17-10-8-16(9-11-17)20(23)24/h4-11,13H,3,12H2,1-2H3/t13-/m0/s1. The zero-order valence-corrected chi connectivity index (χ0v) is 16.1. The summed E-state index contributed by atoms with van der Waals surface area (Å²) in [5.74, 6) is -1.52. The Labute approximate surface area is 162 Å². The van der Waals surface area contributed by atoms with E-state index in [9.17, 15) is 28.1 Å². The summed E-state index contributed by atoms with van der Waals surface area (Å²) in [6, 6.07) is 11.0. The van der Waals surface area contributed by atoms with Crippen molar-refractivity contribution in [3.05, 3.63) is 69.8 Å². The fraction of sp³-hybridized carbons (Fsp3) is 0.263. The van der Waals surface area contributed by atoms with E-state index in [1.807, 2.05) is 6.92 Å². The number of nitro benzene ring substituents is 1. The number of sulfone groups is 1. The molecule has 8 nitrogen and oxygen atoms in total. The van der Waals surface area contributed by atoms with Crippen LogP contribution in [0.15, 0.2) is 53.4 Å². The van der Waals surface area contributed by atoms with E-state index in [1.165, 1.54) is 0 Å². The molecule has 0 radical (unpaired) electrons. The van der Waals surface area contributed by atoms with E-state index in [4.69, 9.17) is 4.74 Å². The molecule has 0 spiro atoms. The van der Waals surface area contributed by atoms with Crippen molar-refractivity contribution in [3.63, 3.8) is 0 Å². The normalized spacial score (nSPS) is 12.2. The highest BCUT2D eigenvalue weighted by molar-refractivity contribution is 7.92. The molecule has 0 heterocycles. The number of nitrogens with zero attached hydrogens (tertiary/aromatic N) is 1. The number of aryl methyl sites for hydroxylation is 1. The third-order valence-corrected chi connectivity index (χ3v) is 6.26. The number of benzene rings is 2. The molecule has 2 aromatic carbocycles. The van der Waals surface area contributed by atoms with Gasteiger partial charge < -0.3 is 4.74 Å². The van der Waals surface area contributed by atoms with Gasteiger partial charge in [0, 0.05) is 17.7 Å². The van der Waals surface area contributed by atoms with Crippen molar-refractivity contribution in [1.82, 2.24) is 0 Å². The van der Waals surface area contributed by atoms with Crippen molar-refractivity contribution >= 4 is 27.3 Å². The number of esters is 1. The van der Waals surface area contributed by atoms with E-state index >= 15 is 0 Å². The predicted octanol–water partition coefficient (Wildman–Crippen LogP) is 2.75. The van der Waals surface area contributed by atoms with Crippen LogP contribution < -0.4 is 0 Å². The Bertz CT molecular complexity index is 980. The van der Waals surface area contributed by atoms with Crippen LogP contribution in [0.25, 0.3) is 0 Å². The minimum absolute atomic E-state index is 0.246. The number of ether oxygens (including phenoxy) is 1. The number of nitro groups is 1. The minimum atomic E-state index is -4.11. The van der Waals surface area contributed by atoms with E-state index in [0.29, 0.717) is 5.56 Å². The van der Waals surface area contributed by atoms with Gasteiger partial charge in [-0.3, -0.25) is 19.7 Å². The first-order valence-electron chi connectivity index (χ1n) is 8.44. The van der Waals surface area contributed by atoms with E-state index in [-0.39, 0.29) is 10.6 Å². The highest BCUT2D eigenvalue weighted by Crippen LogP contribution is 2.20. The van der Waals surface area contributed by atoms with E-state index in [2.05, 4.69) is 0 Å². The van der Waals surface area contributed by atoms with Crippen LogP contribution in [-0.2, 0) is 25.8 Å². The second-order valence-corrected chi connectivity index (χ2v) is 8.29. The topological polar surface area (TPSA) is 121 Å². The summed E-state index contributed by atoms with van der Waals surface area (Å²) >= 11 is 0. The Morgan fingerprint density at radius 1 is 1.07 bits per heavy atom. The van der Waals surface area contributed by atoms with Gasteiger partial charge in [0.05, 0.1) is 9.82 Å². The predicted molar refractivity (Wildman–Crippen MR) is 101 cm³/mol. The van der Waals surface area contributed by atoms with Gasteiger partial charge >= 0.3 is 5.97 Å². The molecule has 0 amide bonds. The Hall–Kier alpha value is -3.07. The van der Waals surface area contributed by atoms with Crippen molar-refractivity contribution in [2.75, 3.05) is 6.61 Å². The largest absolute Gasteiger partial charge is 0.456 e. The molecule has 0 aliphatic rings. The van der Waals surface area contributed by atoms with Crippen LogP contribution in [-0.4, -0.2) is 37.0 Å². The summed E-state index contributed by atoms with van der Waals surface area (Å²) < 4.78 is 29.8. The van der Waals surface area contributed by atoms with Gasteiger partial charge in [0.15, 0.2) is 27.5 Å². The van der Waals surface area contributed by atoms with Gasteiger partial charge in [-0.15, -0.1) is 0 Å². The van der Waals surface area contributed by atoms with Crippen LogP contribution >= 0.6 is 0 Å². The lowest BCUT2D eigenvalue weighted by atomic mass is 10.1. The van der Waals surface area contributed by atoms with Gasteiger partial charge in [-0.2, -0.15) is 0 Å². The summed E-state index contributed by atoms with van der Waals surface area (Å²) in [6.07, 6.45) is 0.821. The third-order valence-electron chi connectivity index (χ3n) is 4.20. The summed E-state index contributed by atoms with van der Waals surface area (Å²) in [7, 11) is -4.11. The lowest BCUT2D eigenvalue weighted by Gasteiger charge is -2.12. The second kappa shape index (κ2) is 8.75. The zero-order valence-electron chi connectivity index (χ0n) is 15.3. The molecule has 2 aromatic rings. The fourth-order valence-corrected chi connectivity index (χ4v) is 3.60. The molecular weight excluding hydrogens is 386 g/mol. The number of carbonyl (C=O) groups is 2. The highest BCUT2D eigenvalue weighted by Gasteiger charge is 2.32. The van der Waals surface area contributed by atoms with Crippen molar-refractivity contribution < 1.29 is 27.7 Å². The van der Waals surface area contributed by atoms with Crippen LogP contribution in [0.2, 0.25) is 0 Å². The fourth-order valence-electron chi connectivity index (χ4n) is 2.35. The average Bonchev–Trinajstić information content (AvgIpc) is 2.71. The molecule has 0 bridgehead atoms. The monoisotopic (exact) mass is 405 g/mol. The molecular formula is C19H19NO7S. The summed E-state index contributed by atoms with van der Waals surface area (Å²) in [5, 5.41) is 9.09. The van der Waals surface area contributed by atoms with Gasteiger partial charge in [-0.05, 0) is 31.0 Å². The van der Waals surface area contributed by atoms with Crippen molar-refractivity contribution in [1.29, 1.82) is 0 Å². The molecule has 0 N–H and O–H groups in total. The van der Waals surface area contributed by atoms with Crippen LogP contribution in [0, 0.1) is 10.1 Å². The van der Waals surface area contributed by atoms with E-state index < -0.39 is 38.4 Å². The second-order valence-electron chi connectivity index (χ2n) is 6.02. The molecule has 148 valence electrons. The average molecular weight is 405 g/mol. The minimum Gasteiger partial charge on any atom is -0.456 e. The summed E-state index contributed by atoms with van der Waals surface area (Å²) in [4.78, 5) is 34.0. The maximum Gasteiger partial charge on any atom is 0.324 e. The molecule has 0 saturated heterocycles. The number of ketones is 1. The van der Waals surface area contributed by atoms with Gasteiger partial charge in [-0.1, -0.05) is 31.2 Å². The molecule has 0 aromatic heterocycles. The van der Waals surface area contributed by atoms with Crippen molar-refractivity contribution in [2.45, 2.75) is 30.4 Å². The van der Waals surface area contributed by atoms with Gasteiger partial charge in [-0.25, -0.2) is 8.42 Å². The molecule has 0 aliphatic heterocycles. The molecule has 9 heteroatoms.